The first-order valence-electron chi connectivity index (χ1n) is 1.86. The Labute approximate surface area is 40.3 Å². The predicted octanol–water partition coefficient (Wildman–Crippen LogP) is 0.463. The molecule has 0 aromatic rings. The Morgan fingerprint density at radius 3 is 2.29 bits per heavy atom. The number of hydrogen-bond donors (Lipinski definition) is 1. The molecule has 0 fully saturated rings. The second-order valence-electron chi connectivity index (χ2n) is 0.977. The molecule has 0 aliphatic rings. The van der Waals surface area contributed by atoms with Gasteiger partial charge in [0.15, 0.2) is 0 Å². The number of hydrogen-bond acceptors (Lipinski definition) is 2. The van der Waals surface area contributed by atoms with Crippen LogP contribution in [0.3, 0.4) is 0 Å². The molecule has 1 N–H and O–H groups in total. The van der Waals surface area contributed by atoms with E-state index in [1.165, 1.54) is 6.92 Å². The lowest BCUT2D eigenvalue weighted by molar-refractivity contribution is -0.461. The van der Waals surface area contributed by atoms with Crippen molar-refractivity contribution in [2.24, 2.45) is 0 Å². The zero-order chi connectivity index (χ0) is 5.86. The Balaban J connectivity index is 3.58. The lowest BCUT2D eigenvalue weighted by Crippen LogP contribution is -2.13. The Hall–Kier alpha value is -0.930. The van der Waals surface area contributed by atoms with Crippen molar-refractivity contribution in [3.05, 3.63) is 4.91 Å². The van der Waals surface area contributed by atoms with Gasteiger partial charge >= 0.3 is 6.09 Å². The lowest BCUT2D eigenvalue weighted by atomic mass is 10.8. The molecular formula is C3H6NO3+. The van der Waals surface area contributed by atoms with Gasteiger partial charge in [-0.05, 0) is 6.92 Å². The van der Waals surface area contributed by atoms with Gasteiger partial charge in [-0.2, -0.15) is 4.79 Å². The molecule has 0 unspecified atom stereocenters. The molecule has 0 saturated carbocycles. The topological polar surface area (TPSA) is 57.4 Å². The fourth-order valence-electron chi connectivity index (χ4n) is 0.135. The molecule has 0 aliphatic carbocycles. The number of carbonyl (C=O) groups is 1. The van der Waals surface area contributed by atoms with Gasteiger partial charge in [0.25, 0.3) is 0 Å². The van der Waals surface area contributed by atoms with Crippen molar-refractivity contribution in [2.75, 3.05) is 6.54 Å². The second kappa shape index (κ2) is 2.28. The van der Waals surface area contributed by atoms with Crippen LogP contribution in [0.2, 0.25) is 0 Å². The average molecular weight is 104 g/mol. The van der Waals surface area contributed by atoms with Crippen molar-refractivity contribution in [1.82, 2.24) is 0 Å². The minimum atomic E-state index is -1.43. The van der Waals surface area contributed by atoms with E-state index >= 15 is 0 Å². The Kier molecular flexibility index (Phi) is 1.98. The summed E-state index contributed by atoms with van der Waals surface area (Å²) in [6, 6.07) is 0. The smallest absolute Gasteiger partial charge is 0.424 e. The van der Waals surface area contributed by atoms with Crippen LogP contribution in [-0.4, -0.2) is 22.5 Å². The molecule has 0 atom stereocenters. The summed E-state index contributed by atoms with van der Waals surface area (Å²) in [5.41, 5.74) is 0. The van der Waals surface area contributed by atoms with Crippen molar-refractivity contribution < 1.29 is 14.7 Å². The molecule has 1 amide bonds. The zero-order valence-corrected chi connectivity index (χ0v) is 3.92. The van der Waals surface area contributed by atoms with E-state index in [9.17, 15) is 9.70 Å². The number of nitrogens with zero attached hydrogens (tertiary/aromatic N) is 1. The molecule has 0 heterocycles. The summed E-state index contributed by atoms with van der Waals surface area (Å²) in [7, 11) is 0. The summed E-state index contributed by atoms with van der Waals surface area (Å²) in [4.78, 5) is 19.4. The van der Waals surface area contributed by atoms with E-state index in [0.29, 0.717) is 0 Å². The molecule has 40 valence electrons. The highest BCUT2D eigenvalue weighted by atomic mass is 16.4. The quantitative estimate of drug-likeness (QED) is 0.492. The van der Waals surface area contributed by atoms with Crippen molar-refractivity contribution in [1.29, 1.82) is 0 Å². The van der Waals surface area contributed by atoms with Crippen LogP contribution < -0.4 is 0 Å². The minimum absolute atomic E-state index is 0.00463. The first-order valence-corrected chi connectivity index (χ1v) is 1.86. The Morgan fingerprint density at radius 1 is 1.86 bits per heavy atom. The normalized spacial score (nSPS) is 8.14. The summed E-state index contributed by atoms with van der Waals surface area (Å²) in [6.45, 7) is 1.47. The van der Waals surface area contributed by atoms with Crippen LogP contribution in [0.5, 0.6) is 0 Å². The fourth-order valence-corrected chi connectivity index (χ4v) is 0.135. The van der Waals surface area contributed by atoms with Crippen LogP contribution >= 0.6 is 0 Å². The number of carboxylic acid groups (broad SMARTS) is 1. The third-order valence-corrected chi connectivity index (χ3v) is 0.501. The second-order valence-corrected chi connectivity index (χ2v) is 0.977. The van der Waals surface area contributed by atoms with Crippen LogP contribution in [0.15, 0.2) is 0 Å². The van der Waals surface area contributed by atoms with Gasteiger partial charge < -0.3 is 5.11 Å². The van der Waals surface area contributed by atoms with Crippen molar-refractivity contribution in [3.63, 3.8) is 0 Å². The largest absolute Gasteiger partial charge is 0.642 e. The molecule has 0 aromatic carbocycles. The van der Waals surface area contributed by atoms with Crippen LogP contribution in [0, 0.1) is 4.91 Å². The molecule has 0 rings (SSSR count). The molecule has 0 radical (unpaired) electrons. The SMILES string of the molecule is CC[N+](=O)C(=O)O. The Bertz CT molecular complexity index is 98.4. The van der Waals surface area contributed by atoms with Gasteiger partial charge in [0.05, 0.1) is 0 Å². The molecule has 4 heteroatoms. The highest BCUT2D eigenvalue weighted by Gasteiger charge is 2.15. The molecule has 0 saturated heterocycles. The van der Waals surface area contributed by atoms with E-state index in [1.807, 2.05) is 0 Å². The average Bonchev–Trinajstić information content (AvgIpc) is 1.65. The molecule has 0 aliphatic heterocycles. The van der Waals surface area contributed by atoms with Gasteiger partial charge in [-0.3, -0.25) is 0 Å². The molecule has 0 bridgehead atoms. The summed E-state index contributed by atoms with van der Waals surface area (Å²) >= 11 is 0. The summed E-state index contributed by atoms with van der Waals surface area (Å²) in [5.74, 6) is 0. The van der Waals surface area contributed by atoms with E-state index < -0.39 is 6.09 Å². The van der Waals surface area contributed by atoms with Gasteiger partial charge in [-0.15, -0.1) is 0 Å². The van der Waals surface area contributed by atoms with Gasteiger partial charge in [-0.1, -0.05) is 0 Å². The predicted molar refractivity (Wildman–Crippen MR) is 22.2 cm³/mol. The molecule has 0 spiro atoms. The monoisotopic (exact) mass is 104 g/mol. The third-order valence-electron chi connectivity index (χ3n) is 0.501. The van der Waals surface area contributed by atoms with Crippen LogP contribution in [0.1, 0.15) is 6.92 Å². The molecular weight excluding hydrogens is 98.0 g/mol. The van der Waals surface area contributed by atoms with Gasteiger partial charge in [0, 0.05) is 4.91 Å². The van der Waals surface area contributed by atoms with Crippen molar-refractivity contribution in [3.8, 4) is 0 Å². The zero-order valence-electron chi connectivity index (χ0n) is 3.92. The maximum Gasteiger partial charge on any atom is 0.642 e. The van der Waals surface area contributed by atoms with Crippen LogP contribution in [0.25, 0.3) is 0 Å². The van der Waals surface area contributed by atoms with Gasteiger partial charge in [0.2, 0.25) is 6.54 Å². The summed E-state index contributed by atoms with van der Waals surface area (Å²) in [6.07, 6.45) is -1.43. The van der Waals surface area contributed by atoms with Crippen molar-refractivity contribution in [2.45, 2.75) is 6.92 Å². The summed E-state index contributed by atoms with van der Waals surface area (Å²) < 4.78 is -0.0417. The van der Waals surface area contributed by atoms with Gasteiger partial charge in [-0.25, -0.2) is 0 Å². The number of rotatable bonds is 1. The minimum Gasteiger partial charge on any atom is -0.424 e. The van der Waals surface area contributed by atoms with Crippen LogP contribution in [0.4, 0.5) is 4.79 Å². The standard InChI is InChI=1S/C3H5NO3/c1-2-4(7)3(5)6/h2H2,1H3/p+1. The van der Waals surface area contributed by atoms with Crippen molar-refractivity contribution >= 4 is 6.09 Å². The molecule has 7 heavy (non-hydrogen) atoms. The van der Waals surface area contributed by atoms with E-state index in [2.05, 4.69) is 0 Å². The number of nitroso groups, excluding NO2 is 1. The first-order chi connectivity index (χ1) is 3.18. The highest BCUT2D eigenvalue weighted by molar-refractivity contribution is 5.53. The van der Waals surface area contributed by atoms with E-state index in [1.54, 1.807) is 0 Å². The highest BCUT2D eigenvalue weighted by Crippen LogP contribution is 1.70. The lowest BCUT2D eigenvalue weighted by Gasteiger charge is -1.72. The Morgan fingerprint density at radius 2 is 2.29 bits per heavy atom. The third kappa shape index (κ3) is 1.86. The maximum absolute atomic E-state index is 9.83. The van der Waals surface area contributed by atoms with E-state index in [0.717, 1.165) is 0 Å². The van der Waals surface area contributed by atoms with Gasteiger partial charge in [0.1, 0.15) is 4.76 Å². The van der Waals surface area contributed by atoms with E-state index in [4.69, 9.17) is 5.11 Å². The molecule has 4 nitrogen and oxygen atoms in total. The maximum atomic E-state index is 9.83. The van der Waals surface area contributed by atoms with E-state index in [-0.39, 0.29) is 11.3 Å². The first kappa shape index (κ1) is 6.07. The summed E-state index contributed by atoms with van der Waals surface area (Å²) in [5, 5.41) is 7.80. The van der Waals surface area contributed by atoms with Crippen LogP contribution in [-0.2, 0) is 0 Å². The number of amides is 1. The fraction of sp³-hybridized carbons (Fsp3) is 0.667. The molecule has 0 aromatic heterocycles.